The molecule has 0 aliphatic carbocycles. The number of anilines is 1. The van der Waals surface area contributed by atoms with Crippen molar-refractivity contribution in [1.29, 1.82) is 0 Å². The number of rotatable bonds is 4. The van der Waals surface area contributed by atoms with E-state index in [0.717, 1.165) is 6.42 Å². The van der Waals surface area contributed by atoms with Crippen molar-refractivity contribution in [3.63, 3.8) is 0 Å². The van der Waals surface area contributed by atoms with Gasteiger partial charge in [0.25, 0.3) is 5.69 Å². The molecule has 0 bridgehead atoms. The van der Waals surface area contributed by atoms with Crippen LogP contribution in [0.4, 0.5) is 16.2 Å². The summed E-state index contributed by atoms with van der Waals surface area (Å²) in [7, 11) is 0. The zero-order valence-electron chi connectivity index (χ0n) is 9.10. The summed E-state index contributed by atoms with van der Waals surface area (Å²) in [4.78, 5) is 21.3. The molecule has 1 aromatic carbocycles. The number of carbonyl (C=O) groups excluding carboxylic acids is 1. The molecule has 17 heavy (non-hydrogen) atoms. The molecule has 0 aliphatic heterocycles. The number of nitro groups is 1. The van der Waals surface area contributed by atoms with Crippen molar-refractivity contribution in [3.8, 4) is 0 Å². The molecular formula is C10H11IN2O4. The Kier molecular flexibility index (Phi) is 5.13. The number of ether oxygens (including phenoxy) is 1. The highest BCUT2D eigenvalue weighted by atomic mass is 127. The molecule has 0 unspecified atom stereocenters. The van der Waals surface area contributed by atoms with Crippen molar-refractivity contribution in [1.82, 2.24) is 0 Å². The van der Waals surface area contributed by atoms with Crippen LogP contribution < -0.4 is 5.32 Å². The van der Waals surface area contributed by atoms with Crippen LogP contribution >= 0.6 is 22.6 Å². The summed E-state index contributed by atoms with van der Waals surface area (Å²) in [6, 6.07) is 4.20. The second-order valence-corrected chi connectivity index (χ2v) is 4.34. The van der Waals surface area contributed by atoms with E-state index in [2.05, 4.69) is 5.32 Å². The van der Waals surface area contributed by atoms with Crippen LogP contribution in [-0.2, 0) is 4.74 Å². The van der Waals surface area contributed by atoms with E-state index < -0.39 is 11.0 Å². The van der Waals surface area contributed by atoms with Crippen LogP contribution in [0.25, 0.3) is 0 Å². The van der Waals surface area contributed by atoms with Crippen molar-refractivity contribution in [2.45, 2.75) is 13.3 Å². The molecule has 92 valence electrons. The Labute approximate surface area is 112 Å². The molecular weight excluding hydrogens is 339 g/mol. The minimum absolute atomic E-state index is 0.0122. The summed E-state index contributed by atoms with van der Waals surface area (Å²) in [6.07, 6.45) is 0.184. The highest BCUT2D eigenvalue weighted by Crippen LogP contribution is 2.23. The number of halogens is 1. The lowest BCUT2D eigenvalue weighted by Crippen LogP contribution is -2.14. The minimum Gasteiger partial charge on any atom is -0.449 e. The molecule has 0 spiro atoms. The molecule has 0 atom stereocenters. The van der Waals surface area contributed by atoms with Gasteiger partial charge < -0.3 is 4.74 Å². The van der Waals surface area contributed by atoms with Crippen molar-refractivity contribution in [3.05, 3.63) is 31.9 Å². The summed E-state index contributed by atoms with van der Waals surface area (Å²) in [5, 5.41) is 13.0. The lowest BCUT2D eigenvalue weighted by atomic mass is 10.3. The number of hydrogen-bond acceptors (Lipinski definition) is 4. The Bertz CT molecular complexity index is 436. The SMILES string of the molecule is CCCOC(=O)Nc1ccc([N+](=O)[O-])cc1I. The first-order valence-electron chi connectivity index (χ1n) is 4.92. The highest BCUT2D eigenvalue weighted by Gasteiger charge is 2.11. The van der Waals surface area contributed by atoms with Crippen molar-refractivity contribution in [2.24, 2.45) is 0 Å². The summed E-state index contributed by atoms with van der Waals surface area (Å²) < 4.78 is 5.43. The van der Waals surface area contributed by atoms with Crippen LogP contribution in [0.5, 0.6) is 0 Å². The summed E-state index contributed by atoms with van der Waals surface area (Å²) in [6.45, 7) is 2.23. The van der Waals surface area contributed by atoms with Crippen LogP contribution in [0.1, 0.15) is 13.3 Å². The monoisotopic (exact) mass is 350 g/mol. The van der Waals surface area contributed by atoms with Gasteiger partial charge in [-0.2, -0.15) is 0 Å². The van der Waals surface area contributed by atoms with Gasteiger partial charge in [-0.05, 0) is 35.1 Å². The average Bonchev–Trinajstić information content (AvgIpc) is 2.28. The predicted octanol–water partition coefficient (Wildman–Crippen LogP) is 3.16. The van der Waals surface area contributed by atoms with E-state index >= 15 is 0 Å². The molecule has 1 aromatic rings. The Morgan fingerprint density at radius 2 is 2.29 bits per heavy atom. The smallest absolute Gasteiger partial charge is 0.411 e. The number of non-ortho nitro benzene ring substituents is 1. The van der Waals surface area contributed by atoms with Crippen molar-refractivity contribution in [2.75, 3.05) is 11.9 Å². The Morgan fingerprint density at radius 1 is 1.59 bits per heavy atom. The molecule has 0 saturated heterocycles. The lowest BCUT2D eigenvalue weighted by molar-refractivity contribution is -0.384. The van der Waals surface area contributed by atoms with Gasteiger partial charge in [0.1, 0.15) is 0 Å². The highest BCUT2D eigenvalue weighted by molar-refractivity contribution is 14.1. The Balaban J connectivity index is 2.72. The maximum absolute atomic E-state index is 11.3. The number of benzene rings is 1. The topological polar surface area (TPSA) is 81.5 Å². The quantitative estimate of drug-likeness (QED) is 0.514. The standard InChI is InChI=1S/C10H11IN2O4/c1-2-5-17-10(14)12-9-4-3-7(13(15)16)6-8(9)11/h3-4,6H,2,5H2,1H3,(H,12,14). The zero-order chi connectivity index (χ0) is 12.8. The lowest BCUT2D eigenvalue weighted by Gasteiger charge is -2.07. The summed E-state index contributed by atoms with van der Waals surface area (Å²) >= 11 is 1.92. The number of carbonyl (C=O) groups is 1. The van der Waals surface area contributed by atoms with Gasteiger partial charge in [0, 0.05) is 15.7 Å². The molecule has 0 radical (unpaired) electrons. The molecule has 0 heterocycles. The van der Waals surface area contributed by atoms with Gasteiger partial charge in [-0.25, -0.2) is 4.79 Å². The third kappa shape index (κ3) is 4.17. The van der Waals surface area contributed by atoms with E-state index in [1.165, 1.54) is 18.2 Å². The van der Waals surface area contributed by atoms with Gasteiger partial charge >= 0.3 is 6.09 Å². The largest absolute Gasteiger partial charge is 0.449 e. The Hall–Kier alpha value is -1.38. The van der Waals surface area contributed by atoms with Crippen molar-refractivity contribution >= 4 is 40.1 Å². The van der Waals surface area contributed by atoms with E-state index in [1.54, 1.807) is 0 Å². The number of amides is 1. The summed E-state index contributed by atoms with van der Waals surface area (Å²) in [5.41, 5.74) is 0.485. The van der Waals surface area contributed by atoms with Gasteiger partial charge in [0.05, 0.1) is 17.2 Å². The molecule has 0 fully saturated rings. The first-order chi connectivity index (χ1) is 8.04. The van der Waals surface area contributed by atoms with Crippen LogP contribution in [-0.4, -0.2) is 17.6 Å². The van der Waals surface area contributed by atoms with Gasteiger partial charge in [-0.15, -0.1) is 0 Å². The number of nitro benzene ring substituents is 1. The third-order valence-corrected chi connectivity index (χ3v) is 2.73. The minimum atomic E-state index is -0.557. The fourth-order valence-electron chi connectivity index (χ4n) is 1.06. The fourth-order valence-corrected chi connectivity index (χ4v) is 1.69. The average molecular weight is 350 g/mol. The molecule has 1 N–H and O–H groups in total. The molecule has 0 aliphatic rings. The second kappa shape index (κ2) is 6.38. The fraction of sp³-hybridized carbons (Fsp3) is 0.300. The first kappa shape index (κ1) is 13.7. The van der Waals surface area contributed by atoms with E-state index in [-0.39, 0.29) is 5.69 Å². The number of nitrogens with one attached hydrogen (secondary N) is 1. The number of hydrogen-bond donors (Lipinski definition) is 1. The predicted molar refractivity (Wildman–Crippen MR) is 71.1 cm³/mol. The molecule has 6 nitrogen and oxygen atoms in total. The zero-order valence-corrected chi connectivity index (χ0v) is 11.3. The second-order valence-electron chi connectivity index (χ2n) is 3.18. The molecule has 7 heteroatoms. The molecule has 0 saturated carbocycles. The van der Waals surface area contributed by atoms with Gasteiger partial charge in [0.2, 0.25) is 0 Å². The van der Waals surface area contributed by atoms with E-state index in [9.17, 15) is 14.9 Å². The van der Waals surface area contributed by atoms with Crippen LogP contribution in [0.15, 0.2) is 18.2 Å². The molecule has 0 aromatic heterocycles. The maximum atomic E-state index is 11.3. The Morgan fingerprint density at radius 3 is 2.82 bits per heavy atom. The number of nitrogens with zero attached hydrogens (tertiary/aromatic N) is 1. The maximum Gasteiger partial charge on any atom is 0.411 e. The summed E-state index contributed by atoms with van der Waals surface area (Å²) in [5.74, 6) is 0. The molecule has 1 amide bonds. The van der Waals surface area contributed by atoms with Crippen molar-refractivity contribution < 1.29 is 14.5 Å². The van der Waals surface area contributed by atoms with Gasteiger partial charge in [0.15, 0.2) is 0 Å². The van der Waals surface area contributed by atoms with E-state index in [4.69, 9.17) is 4.74 Å². The normalized spacial score (nSPS) is 9.76. The van der Waals surface area contributed by atoms with Crippen LogP contribution in [0.2, 0.25) is 0 Å². The van der Waals surface area contributed by atoms with E-state index in [1.807, 2.05) is 29.5 Å². The third-order valence-electron chi connectivity index (χ3n) is 1.84. The van der Waals surface area contributed by atoms with Gasteiger partial charge in [-0.1, -0.05) is 6.92 Å². The van der Waals surface area contributed by atoms with Crippen LogP contribution in [0, 0.1) is 13.7 Å². The van der Waals surface area contributed by atoms with E-state index in [0.29, 0.717) is 15.9 Å². The van der Waals surface area contributed by atoms with Crippen LogP contribution in [0.3, 0.4) is 0 Å². The molecule has 1 rings (SSSR count). The van der Waals surface area contributed by atoms with Gasteiger partial charge in [-0.3, -0.25) is 15.4 Å². The first-order valence-corrected chi connectivity index (χ1v) is 6.00.